The number of halogens is 1. The Bertz CT molecular complexity index is 1320. The van der Waals surface area contributed by atoms with Crippen molar-refractivity contribution in [3.8, 4) is 45.3 Å². The molecule has 30 heavy (non-hydrogen) atoms. The largest absolute Gasteiger partial charge is 0.450 e. The van der Waals surface area contributed by atoms with Crippen LogP contribution in [0.25, 0.3) is 22.3 Å². The maximum atomic E-state index is 6.32. The maximum Gasteiger partial charge on any atom is 0.170 e. The van der Waals surface area contributed by atoms with Crippen LogP contribution in [0.3, 0.4) is 0 Å². The third-order valence-corrected chi connectivity index (χ3v) is 6.46. The van der Waals surface area contributed by atoms with E-state index in [2.05, 4.69) is 50.2 Å². The Morgan fingerprint density at radius 1 is 0.600 bits per heavy atom. The van der Waals surface area contributed by atoms with Crippen molar-refractivity contribution in [1.29, 1.82) is 0 Å². The van der Waals surface area contributed by atoms with Crippen LogP contribution in [0.4, 0.5) is 0 Å². The Morgan fingerprint density at radius 2 is 1.27 bits per heavy atom. The van der Waals surface area contributed by atoms with Crippen molar-refractivity contribution in [2.24, 2.45) is 0 Å². The number of hydrogen-bond acceptors (Lipinski definition) is 2. The fourth-order valence-corrected chi connectivity index (χ4v) is 4.72. The van der Waals surface area contributed by atoms with Crippen LogP contribution in [0.2, 0.25) is 5.02 Å². The lowest BCUT2D eigenvalue weighted by Gasteiger charge is -2.25. The fourth-order valence-electron chi connectivity index (χ4n) is 4.60. The first-order valence-electron chi connectivity index (χ1n) is 10.0. The van der Waals surface area contributed by atoms with Gasteiger partial charge in [0.1, 0.15) is 0 Å². The van der Waals surface area contributed by atoms with E-state index in [1.54, 1.807) is 0 Å². The van der Waals surface area contributed by atoms with Gasteiger partial charge in [-0.25, -0.2) is 0 Å². The molecule has 2 nitrogen and oxygen atoms in total. The van der Waals surface area contributed by atoms with Gasteiger partial charge in [-0.2, -0.15) is 0 Å². The standard InChI is InChI=1S/C27H19ClO2/c1-27(2)21-6-4-3-5-19(21)20-14-25-26(15-22(20)27)29-23-12-9-17(13-24(23)30-25)16-7-10-18(28)11-8-16/h3-15H,1-2H3. The number of benzene rings is 4. The molecule has 0 spiro atoms. The van der Waals surface area contributed by atoms with Gasteiger partial charge >= 0.3 is 0 Å². The summed E-state index contributed by atoms with van der Waals surface area (Å²) in [6.45, 7) is 4.53. The monoisotopic (exact) mass is 410 g/mol. The normalized spacial score (nSPS) is 14.6. The molecule has 6 rings (SSSR count). The van der Waals surface area contributed by atoms with Crippen molar-refractivity contribution in [2.45, 2.75) is 19.3 Å². The van der Waals surface area contributed by atoms with Gasteiger partial charge in [-0.05, 0) is 69.8 Å². The minimum Gasteiger partial charge on any atom is -0.450 e. The SMILES string of the molecule is CC1(C)c2ccccc2-c2cc3c(cc21)Oc1ccc(-c2ccc(Cl)cc2)cc1O3. The van der Waals surface area contributed by atoms with Crippen LogP contribution < -0.4 is 9.47 Å². The summed E-state index contributed by atoms with van der Waals surface area (Å²) < 4.78 is 12.6. The summed E-state index contributed by atoms with van der Waals surface area (Å²) in [7, 11) is 0. The van der Waals surface area contributed by atoms with Crippen molar-refractivity contribution in [2.75, 3.05) is 0 Å². The van der Waals surface area contributed by atoms with Crippen LogP contribution in [-0.2, 0) is 5.41 Å². The van der Waals surface area contributed by atoms with Gasteiger partial charge in [-0.15, -0.1) is 0 Å². The summed E-state index contributed by atoms with van der Waals surface area (Å²) >= 11 is 6.03. The first-order valence-corrected chi connectivity index (χ1v) is 10.4. The van der Waals surface area contributed by atoms with Gasteiger partial charge in [0.25, 0.3) is 0 Å². The van der Waals surface area contributed by atoms with Gasteiger partial charge in [0.15, 0.2) is 23.0 Å². The van der Waals surface area contributed by atoms with E-state index in [1.807, 2.05) is 42.5 Å². The second-order valence-electron chi connectivity index (χ2n) is 8.39. The zero-order valence-electron chi connectivity index (χ0n) is 16.7. The average molecular weight is 411 g/mol. The van der Waals surface area contributed by atoms with E-state index in [9.17, 15) is 0 Å². The molecule has 0 aromatic heterocycles. The lowest BCUT2D eigenvalue weighted by atomic mass is 9.82. The van der Waals surface area contributed by atoms with E-state index >= 15 is 0 Å². The van der Waals surface area contributed by atoms with Crippen LogP contribution in [0.1, 0.15) is 25.0 Å². The van der Waals surface area contributed by atoms with Gasteiger partial charge < -0.3 is 9.47 Å². The van der Waals surface area contributed by atoms with Crippen molar-refractivity contribution in [3.05, 3.63) is 95.0 Å². The van der Waals surface area contributed by atoms with Crippen molar-refractivity contribution >= 4 is 11.6 Å². The molecule has 0 fully saturated rings. The summed E-state index contributed by atoms with van der Waals surface area (Å²) in [5.74, 6) is 2.97. The molecule has 4 aromatic carbocycles. The second kappa shape index (κ2) is 6.13. The highest BCUT2D eigenvalue weighted by atomic mass is 35.5. The smallest absolute Gasteiger partial charge is 0.170 e. The van der Waals surface area contributed by atoms with Gasteiger partial charge in [-0.3, -0.25) is 0 Å². The van der Waals surface area contributed by atoms with Gasteiger partial charge in [0.2, 0.25) is 0 Å². The van der Waals surface area contributed by atoms with E-state index in [-0.39, 0.29) is 5.41 Å². The highest BCUT2D eigenvalue weighted by molar-refractivity contribution is 6.30. The van der Waals surface area contributed by atoms with Crippen LogP contribution in [0, 0.1) is 0 Å². The number of ether oxygens (including phenoxy) is 2. The Morgan fingerprint density at radius 3 is 2.10 bits per heavy atom. The predicted molar refractivity (Wildman–Crippen MR) is 121 cm³/mol. The molecule has 0 saturated carbocycles. The molecular formula is C27H19ClO2. The maximum absolute atomic E-state index is 6.32. The van der Waals surface area contributed by atoms with Crippen LogP contribution in [-0.4, -0.2) is 0 Å². The highest BCUT2D eigenvalue weighted by Gasteiger charge is 2.37. The first kappa shape index (κ1) is 17.6. The Hall–Kier alpha value is -3.23. The third kappa shape index (κ3) is 2.50. The summed E-state index contributed by atoms with van der Waals surface area (Å²) in [5, 5.41) is 0.724. The summed E-state index contributed by atoms with van der Waals surface area (Å²) in [6.07, 6.45) is 0. The van der Waals surface area contributed by atoms with Crippen LogP contribution in [0.15, 0.2) is 78.9 Å². The van der Waals surface area contributed by atoms with Gasteiger partial charge in [-0.1, -0.05) is 67.9 Å². The Kier molecular flexibility index (Phi) is 3.60. The first-order chi connectivity index (χ1) is 14.5. The van der Waals surface area contributed by atoms with E-state index < -0.39 is 0 Å². The molecule has 0 unspecified atom stereocenters. The van der Waals surface area contributed by atoms with Gasteiger partial charge in [0, 0.05) is 10.4 Å². The molecule has 1 heterocycles. The van der Waals surface area contributed by atoms with E-state index in [4.69, 9.17) is 21.1 Å². The van der Waals surface area contributed by atoms with Crippen LogP contribution in [0.5, 0.6) is 23.0 Å². The molecule has 1 aliphatic heterocycles. The summed E-state index contributed by atoms with van der Waals surface area (Å²) in [6, 6.07) is 26.7. The molecule has 1 aliphatic carbocycles. The number of hydrogen-bond donors (Lipinski definition) is 0. The molecule has 4 aromatic rings. The lowest BCUT2D eigenvalue weighted by molar-refractivity contribution is 0.359. The Labute approximate surface area is 180 Å². The zero-order valence-corrected chi connectivity index (χ0v) is 17.5. The van der Waals surface area contributed by atoms with Crippen LogP contribution >= 0.6 is 11.6 Å². The third-order valence-electron chi connectivity index (χ3n) is 6.21. The molecule has 3 heteroatoms. The fraction of sp³-hybridized carbons (Fsp3) is 0.111. The molecular weight excluding hydrogens is 392 g/mol. The Balaban J connectivity index is 1.44. The molecule has 0 radical (unpaired) electrons. The predicted octanol–water partition coefficient (Wildman–Crippen LogP) is 8.21. The zero-order chi connectivity index (χ0) is 20.5. The molecule has 2 aliphatic rings. The lowest BCUT2D eigenvalue weighted by Crippen LogP contribution is -2.15. The molecule has 0 amide bonds. The number of rotatable bonds is 1. The van der Waals surface area contributed by atoms with Crippen molar-refractivity contribution in [3.63, 3.8) is 0 Å². The molecule has 0 atom stereocenters. The highest BCUT2D eigenvalue weighted by Crippen LogP contribution is 2.55. The van der Waals surface area contributed by atoms with E-state index in [0.717, 1.165) is 39.1 Å². The van der Waals surface area contributed by atoms with E-state index in [1.165, 1.54) is 22.3 Å². The molecule has 0 N–H and O–H groups in total. The average Bonchev–Trinajstić information content (AvgIpc) is 2.98. The van der Waals surface area contributed by atoms with Crippen molar-refractivity contribution < 1.29 is 9.47 Å². The van der Waals surface area contributed by atoms with Gasteiger partial charge in [0.05, 0.1) is 0 Å². The van der Waals surface area contributed by atoms with E-state index in [0.29, 0.717) is 0 Å². The quantitative estimate of drug-likeness (QED) is 0.277. The van der Waals surface area contributed by atoms with Crippen molar-refractivity contribution in [1.82, 2.24) is 0 Å². The molecule has 146 valence electrons. The number of fused-ring (bicyclic) bond motifs is 5. The summed E-state index contributed by atoms with van der Waals surface area (Å²) in [5.41, 5.74) is 7.17. The minimum atomic E-state index is -0.0664. The molecule has 0 bridgehead atoms. The minimum absolute atomic E-state index is 0.0664. The second-order valence-corrected chi connectivity index (χ2v) is 8.82. The summed E-state index contributed by atoms with van der Waals surface area (Å²) in [4.78, 5) is 0. The topological polar surface area (TPSA) is 18.5 Å². The molecule has 0 saturated heterocycles.